The van der Waals surface area contributed by atoms with Crippen molar-refractivity contribution in [3.8, 4) is 0 Å². The first-order chi connectivity index (χ1) is 16.1. The Morgan fingerprint density at radius 1 is 1.20 bits per heavy atom. The third-order valence-electron chi connectivity index (χ3n) is 5.65. The topological polar surface area (TPSA) is 155 Å². The van der Waals surface area contributed by atoms with Crippen molar-refractivity contribution in [2.24, 2.45) is 0 Å². The van der Waals surface area contributed by atoms with E-state index in [1.165, 1.54) is 22.8 Å². The molecule has 0 radical (unpaired) electrons. The van der Waals surface area contributed by atoms with Gasteiger partial charge < -0.3 is 30.1 Å². The number of carbonyl (C=O) groups is 5. The second-order valence-corrected chi connectivity index (χ2v) is 10.0. The van der Waals surface area contributed by atoms with Gasteiger partial charge in [0, 0.05) is 6.54 Å². The van der Waals surface area contributed by atoms with E-state index in [1.54, 1.807) is 41.5 Å². The maximum atomic E-state index is 13.0. The Morgan fingerprint density at radius 3 is 2.37 bits per heavy atom. The molecule has 2 aliphatic rings. The van der Waals surface area contributed by atoms with Crippen LogP contribution < -0.4 is 10.6 Å². The lowest BCUT2D eigenvalue weighted by Gasteiger charge is -2.34. The van der Waals surface area contributed by atoms with Gasteiger partial charge in [0.2, 0.25) is 11.8 Å². The van der Waals surface area contributed by atoms with Crippen LogP contribution in [0.25, 0.3) is 0 Å². The van der Waals surface area contributed by atoms with Gasteiger partial charge in [-0.25, -0.2) is 9.59 Å². The molecular formula is C23H36N4O8. The molecule has 2 rings (SSSR count). The minimum absolute atomic E-state index is 0.0773. The van der Waals surface area contributed by atoms with E-state index in [2.05, 4.69) is 10.6 Å². The molecule has 3 N–H and O–H groups in total. The lowest BCUT2D eigenvalue weighted by atomic mass is 10.1. The number of amides is 4. The Balaban J connectivity index is 2.03. The molecule has 0 saturated carbocycles. The quantitative estimate of drug-likeness (QED) is 0.459. The monoisotopic (exact) mass is 496 g/mol. The van der Waals surface area contributed by atoms with Crippen LogP contribution in [-0.2, 0) is 28.7 Å². The van der Waals surface area contributed by atoms with Gasteiger partial charge in [0.15, 0.2) is 0 Å². The van der Waals surface area contributed by atoms with Crippen LogP contribution in [0.1, 0.15) is 61.3 Å². The van der Waals surface area contributed by atoms with Crippen molar-refractivity contribution in [1.29, 1.82) is 0 Å². The lowest BCUT2D eigenvalue weighted by molar-refractivity contribution is -0.147. The SMILES string of the molecule is C/C=C(\NC(=O)CNC(=O)[C@@H]1[C@@H](C)OC(C)(C)N1C(=O)OC(C)(C)C)C(=O)N1CCC[C@H]1C(=O)O. The molecule has 196 valence electrons. The summed E-state index contributed by atoms with van der Waals surface area (Å²) in [6.07, 6.45) is 0.872. The summed E-state index contributed by atoms with van der Waals surface area (Å²) < 4.78 is 11.2. The number of carboxylic acids is 1. The Kier molecular flexibility index (Phi) is 8.53. The number of carboxylic acid groups (broad SMARTS) is 1. The Bertz CT molecular complexity index is 908. The summed E-state index contributed by atoms with van der Waals surface area (Å²) in [6.45, 7) is 11.4. The van der Waals surface area contributed by atoms with E-state index >= 15 is 0 Å². The van der Waals surface area contributed by atoms with Crippen molar-refractivity contribution in [3.05, 3.63) is 11.8 Å². The fraction of sp³-hybridized carbons (Fsp3) is 0.696. The minimum Gasteiger partial charge on any atom is -0.480 e. The lowest BCUT2D eigenvalue weighted by Crippen LogP contribution is -2.56. The number of aliphatic carboxylic acids is 1. The average molecular weight is 497 g/mol. The largest absolute Gasteiger partial charge is 0.480 e. The first-order valence-corrected chi connectivity index (χ1v) is 11.6. The van der Waals surface area contributed by atoms with Crippen molar-refractivity contribution in [2.45, 2.75) is 90.8 Å². The van der Waals surface area contributed by atoms with Crippen LogP contribution in [0.3, 0.4) is 0 Å². The number of allylic oxidation sites excluding steroid dienone is 1. The molecule has 4 amide bonds. The van der Waals surface area contributed by atoms with Crippen molar-refractivity contribution in [2.75, 3.05) is 13.1 Å². The van der Waals surface area contributed by atoms with Crippen molar-refractivity contribution in [3.63, 3.8) is 0 Å². The third kappa shape index (κ3) is 6.71. The predicted octanol–water partition coefficient (Wildman–Crippen LogP) is 0.959. The molecule has 0 aromatic rings. The smallest absolute Gasteiger partial charge is 0.413 e. The zero-order valence-corrected chi connectivity index (χ0v) is 21.3. The minimum atomic E-state index is -1.12. The Morgan fingerprint density at radius 2 is 1.83 bits per heavy atom. The van der Waals surface area contributed by atoms with E-state index in [4.69, 9.17) is 9.47 Å². The normalized spacial score (nSPS) is 24.2. The van der Waals surface area contributed by atoms with E-state index in [1.807, 2.05) is 0 Å². The number of nitrogens with zero attached hydrogens (tertiary/aromatic N) is 2. The highest BCUT2D eigenvalue weighted by atomic mass is 16.6. The number of rotatable bonds is 6. The molecule has 2 heterocycles. The molecule has 35 heavy (non-hydrogen) atoms. The van der Waals surface area contributed by atoms with Crippen LogP contribution in [0.5, 0.6) is 0 Å². The van der Waals surface area contributed by atoms with E-state index in [9.17, 15) is 29.1 Å². The van der Waals surface area contributed by atoms with Gasteiger partial charge in [0.25, 0.3) is 5.91 Å². The van der Waals surface area contributed by atoms with Crippen LogP contribution in [0.2, 0.25) is 0 Å². The Labute approximate surface area is 205 Å². The van der Waals surface area contributed by atoms with Gasteiger partial charge in [-0.1, -0.05) is 6.08 Å². The van der Waals surface area contributed by atoms with Crippen LogP contribution in [0, 0.1) is 0 Å². The second-order valence-electron chi connectivity index (χ2n) is 10.0. The number of ether oxygens (including phenoxy) is 2. The Hall–Kier alpha value is -3.15. The summed E-state index contributed by atoms with van der Waals surface area (Å²) in [5.74, 6) is -3.01. The molecule has 12 nitrogen and oxygen atoms in total. The summed E-state index contributed by atoms with van der Waals surface area (Å²) in [7, 11) is 0. The molecule has 0 aromatic carbocycles. The number of carbonyl (C=O) groups excluding carboxylic acids is 4. The molecule has 0 bridgehead atoms. The first-order valence-electron chi connectivity index (χ1n) is 11.6. The van der Waals surface area contributed by atoms with Gasteiger partial charge in [0.05, 0.1) is 12.6 Å². The van der Waals surface area contributed by atoms with Gasteiger partial charge in [-0.05, 0) is 61.3 Å². The zero-order valence-electron chi connectivity index (χ0n) is 21.3. The summed E-state index contributed by atoms with van der Waals surface area (Å²) in [6, 6.07) is -1.99. The predicted molar refractivity (Wildman–Crippen MR) is 124 cm³/mol. The third-order valence-corrected chi connectivity index (χ3v) is 5.65. The second kappa shape index (κ2) is 10.6. The molecule has 0 aromatic heterocycles. The molecule has 0 spiro atoms. The maximum Gasteiger partial charge on any atom is 0.413 e. The highest BCUT2D eigenvalue weighted by Gasteiger charge is 2.52. The number of nitrogens with one attached hydrogen (secondary N) is 2. The molecule has 3 atom stereocenters. The molecule has 0 aliphatic carbocycles. The first kappa shape index (κ1) is 28.1. The standard InChI is InChI=1S/C23H36N4O8/c1-8-14(19(30)26-11-9-10-15(26)20(31)32)25-16(28)12-24-18(29)17-13(2)34-23(6,7)27(17)21(33)35-22(3,4)5/h8,13,15,17H,9-12H2,1-7H3,(H,24,29)(H,25,28)(H,31,32)/b14-8-/t13-,15+,17+/m1/s1. The van der Waals surface area contributed by atoms with Gasteiger partial charge in [-0.15, -0.1) is 0 Å². The maximum absolute atomic E-state index is 13.0. The van der Waals surface area contributed by atoms with Gasteiger partial charge in [-0.3, -0.25) is 19.3 Å². The van der Waals surface area contributed by atoms with E-state index in [-0.39, 0.29) is 12.2 Å². The van der Waals surface area contributed by atoms with Gasteiger partial charge >= 0.3 is 12.1 Å². The fourth-order valence-electron chi connectivity index (χ4n) is 4.23. The molecule has 0 unspecified atom stereocenters. The molecule has 2 aliphatic heterocycles. The van der Waals surface area contributed by atoms with Crippen LogP contribution in [0.15, 0.2) is 11.8 Å². The number of likely N-dealkylation sites (tertiary alicyclic amines) is 1. The highest BCUT2D eigenvalue weighted by molar-refractivity contribution is 6.00. The molecule has 12 heteroatoms. The highest BCUT2D eigenvalue weighted by Crippen LogP contribution is 2.33. The summed E-state index contributed by atoms with van der Waals surface area (Å²) >= 11 is 0. The van der Waals surface area contributed by atoms with Crippen molar-refractivity contribution < 1.29 is 38.6 Å². The number of hydrogen-bond acceptors (Lipinski definition) is 7. The zero-order chi connectivity index (χ0) is 26.7. The van der Waals surface area contributed by atoms with E-state index in [0.717, 1.165) is 0 Å². The van der Waals surface area contributed by atoms with Gasteiger partial charge in [-0.2, -0.15) is 0 Å². The fourth-order valence-corrected chi connectivity index (χ4v) is 4.23. The molecule has 2 fully saturated rings. The van der Waals surface area contributed by atoms with Crippen LogP contribution in [-0.4, -0.2) is 87.3 Å². The van der Waals surface area contributed by atoms with E-state index in [0.29, 0.717) is 12.8 Å². The molecule has 2 saturated heterocycles. The summed E-state index contributed by atoms with van der Waals surface area (Å²) in [4.78, 5) is 64.8. The van der Waals surface area contributed by atoms with Crippen molar-refractivity contribution in [1.82, 2.24) is 20.4 Å². The summed E-state index contributed by atoms with van der Waals surface area (Å²) in [5, 5.41) is 14.2. The number of hydrogen-bond donors (Lipinski definition) is 3. The molecular weight excluding hydrogens is 460 g/mol. The van der Waals surface area contributed by atoms with Crippen LogP contribution >= 0.6 is 0 Å². The van der Waals surface area contributed by atoms with E-state index < -0.39 is 65.8 Å². The summed E-state index contributed by atoms with van der Waals surface area (Å²) in [5.41, 5.74) is -1.98. The average Bonchev–Trinajstić information content (AvgIpc) is 3.30. The van der Waals surface area contributed by atoms with Crippen LogP contribution in [0.4, 0.5) is 4.79 Å². The van der Waals surface area contributed by atoms with Gasteiger partial charge in [0.1, 0.15) is 29.1 Å². The van der Waals surface area contributed by atoms with Crippen molar-refractivity contribution >= 4 is 29.8 Å².